The minimum absolute atomic E-state index is 0. The topological polar surface area (TPSA) is 113 Å². The Morgan fingerprint density at radius 1 is 1.31 bits per heavy atom. The molecule has 0 radical (unpaired) electrons. The number of hydrogen-bond donors (Lipinski definition) is 4. The molecular weight excluding hydrogens is 354 g/mol. The quantitative estimate of drug-likeness (QED) is 0.560. The van der Waals surface area contributed by atoms with Crippen LogP contribution in [0.15, 0.2) is 24.3 Å². The van der Waals surface area contributed by atoms with Crippen LogP contribution >= 0.6 is 12.4 Å². The molecule has 0 spiro atoms. The summed E-state index contributed by atoms with van der Waals surface area (Å²) in [7, 11) is 0. The molecule has 1 heterocycles. The van der Waals surface area contributed by atoms with E-state index in [1.54, 1.807) is 0 Å². The van der Waals surface area contributed by atoms with Gasteiger partial charge in [0.1, 0.15) is 0 Å². The highest BCUT2D eigenvalue weighted by Crippen LogP contribution is 2.16. The molecular formula is C18H28ClN5O2. The van der Waals surface area contributed by atoms with Crippen molar-refractivity contribution in [3.05, 3.63) is 30.0 Å². The molecule has 0 aliphatic carbocycles. The Morgan fingerprint density at radius 3 is 2.65 bits per heavy atom. The zero-order valence-electron chi connectivity index (χ0n) is 15.5. The molecule has 5 N–H and O–H groups in total. The highest BCUT2D eigenvalue weighted by molar-refractivity contribution is 6.04. The van der Waals surface area contributed by atoms with Gasteiger partial charge in [-0.1, -0.05) is 32.0 Å². The Kier molecular flexibility index (Phi) is 8.05. The summed E-state index contributed by atoms with van der Waals surface area (Å²) >= 11 is 0. The monoisotopic (exact) mass is 381 g/mol. The molecule has 8 heteroatoms. The molecule has 2 amide bonds. The Balaban J connectivity index is 0.00000338. The van der Waals surface area contributed by atoms with Gasteiger partial charge in [0, 0.05) is 30.4 Å². The van der Waals surface area contributed by atoms with Crippen LogP contribution in [0.1, 0.15) is 44.1 Å². The molecule has 0 saturated heterocycles. The van der Waals surface area contributed by atoms with E-state index >= 15 is 0 Å². The summed E-state index contributed by atoms with van der Waals surface area (Å²) in [4.78, 5) is 24.4. The van der Waals surface area contributed by atoms with Crippen molar-refractivity contribution >= 4 is 35.1 Å². The van der Waals surface area contributed by atoms with Gasteiger partial charge in [0.2, 0.25) is 5.91 Å². The summed E-state index contributed by atoms with van der Waals surface area (Å²) in [5.41, 5.74) is 6.52. The molecule has 26 heavy (non-hydrogen) atoms. The van der Waals surface area contributed by atoms with E-state index in [0.717, 1.165) is 17.3 Å². The second-order valence-electron chi connectivity index (χ2n) is 7.03. The summed E-state index contributed by atoms with van der Waals surface area (Å²) < 4.78 is 0. The molecule has 0 saturated carbocycles. The van der Waals surface area contributed by atoms with Crippen LogP contribution in [0.25, 0.3) is 10.9 Å². The minimum atomic E-state index is -0.423. The van der Waals surface area contributed by atoms with Crippen molar-refractivity contribution in [3.63, 3.8) is 0 Å². The van der Waals surface area contributed by atoms with Gasteiger partial charge in [-0.05, 0) is 25.3 Å². The number of carbonyl (C=O) groups excluding carboxylic acids is 2. The average Bonchev–Trinajstić information content (AvgIpc) is 2.98. The van der Waals surface area contributed by atoms with E-state index in [1.807, 2.05) is 31.2 Å². The number of nitrogens with zero attached hydrogens (tertiary/aromatic N) is 1. The van der Waals surface area contributed by atoms with E-state index in [4.69, 9.17) is 5.73 Å². The van der Waals surface area contributed by atoms with Crippen LogP contribution in [0.4, 0.5) is 0 Å². The van der Waals surface area contributed by atoms with E-state index in [9.17, 15) is 9.59 Å². The Labute approximate surface area is 159 Å². The van der Waals surface area contributed by atoms with Crippen molar-refractivity contribution < 1.29 is 9.59 Å². The van der Waals surface area contributed by atoms with Crippen molar-refractivity contribution in [2.24, 2.45) is 11.7 Å². The van der Waals surface area contributed by atoms with Crippen LogP contribution < -0.4 is 16.4 Å². The normalized spacial score (nSPS) is 13.1. The molecule has 0 fully saturated rings. The second-order valence-corrected chi connectivity index (χ2v) is 7.03. The highest BCUT2D eigenvalue weighted by atomic mass is 35.5. The number of hydrogen-bond acceptors (Lipinski definition) is 4. The maximum atomic E-state index is 12.2. The zero-order chi connectivity index (χ0) is 18.4. The summed E-state index contributed by atoms with van der Waals surface area (Å²) in [6.07, 6.45) is 1.00. The Hall–Kier alpha value is -2.12. The number of benzene rings is 1. The predicted molar refractivity (Wildman–Crippen MR) is 105 cm³/mol. The number of nitrogens with two attached hydrogens (primary N) is 1. The molecule has 0 aliphatic rings. The van der Waals surface area contributed by atoms with Gasteiger partial charge in [0.15, 0.2) is 5.69 Å². The fraction of sp³-hybridized carbons (Fsp3) is 0.500. The largest absolute Gasteiger partial charge is 0.350 e. The van der Waals surface area contributed by atoms with Gasteiger partial charge in [-0.15, -0.1) is 12.4 Å². The number of H-pyrrole nitrogens is 1. The van der Waals surface area contributed by atoms with Crippen molar-refractivity contribution in [2.45, 2.75) is 39.2 Å². The first-order valence-electron chi connectivity index (χ1n) is 8.57. The van der Waals surface area contributed by atoms with Crippen molar-refractivity contribution in [1.29, 1.82) is 0 Å². The number of aromatic nitrogens is 2. The average molecular weight is 382 g/mol. The third-order valence-electron chi connectivity index (χ3n) is 4.07. The summed E-state index contributed by atoms with van der Waals surface area (Å²) in [5.74, 6) is 0.0105. The van der Waals surface area contributed by atoms with E-state index in [1.165, 1.54) is 0 Å². The minimum Gasteiger partial charge on any atom is -0.350 e. The fourth-order valence-corrected chi connectivity index (χ4v) is 3.00. The first kappa shape index (κ1) is 21.9. The molecule has 2 rings (SSSR count). The van der Waals surface area contributed by atoms with E-state index in [-0.39, 0.29) is 37.2 Å². The molecule has 144 valence electrons. The number of aromatic amines is 1. The van der Waals surface area contributed by atoms with E-state index in [0.29, 0.717) is 18.2 Å². The molecule has 2 aromatic rings. The van der Waals surface area contributed by atoms with E-state index < -0.39 is 5.54 Å². The number of rotatable bonds is 8. The van der Waals surface area contributed by atoms with Gasteiger partial charge in [-0.3, -0.25) is 14.7 Å². The second kappa shape index (κ2) is 9.54. The molecule has 1 atom stereocenters. The van der Waals surface area contributed by atoms with Crippen LogP contribution in [-0.4, -0.2) is 40.6 Å². The molecule has 0 bridgehead atoms. The molecule has 1 unspecified atom stereocenters. The molecule has 1 aromatic carbocycles. The van der Waals surface area contributed by atoms with Gasteiger partial charge in [0.25, 0.3) is 5.91 Å². The van der Waals surface area contributed by atoms with Crippen LogP contribution in [0.2, 0.25) is 0 Å². The van der Waals surface area contributed by atoms with Crippen molar-refractivity contribution in [1.82, 2.24) is 20.8 Å². The lowest BCUT2D eigenvalue weighted by molar-refractivity contribution is -0.122. The van der Waals surface area contributed by atoms with Gasteiger partial charge in [-0.25, -0.2) is 0 Å². The SMILES string of the molecule is CC(C)CC(C)(CN)NC(=O)CCNC(=O)c1n[nH]c2ccccc12.Cl. The van der Waals surface area contributed by atoms with Crippen LogP contribution in [0, 0.1) is 5.92 Å². The van der Waals surface area contributed by atoms with Crippen molar-refractivity contribution in [2.75, 3.05) is 13.1 Å². The number of halogens is 1. The molecule has 7 nitrogen and oxygen atoms in total. The number of carbonyl (C=O) groups is 2. The smallest absolute Gasteiger partial charge is 0.272 e. The zero-order valence-corrected chi connectivity index (χ0v) is 16.3. The summed E-state index contributed by atoms with van der Waals surface area (Å²) in [6.45, 7) is 6.75. The van der Waals surface area contributed by atoms with Gasteiger partial charge >= 0.3 is 0 Å². The molecule has 1 aromatic heterocycles. The van der Waals surface area contributed by atoms with Crippen LogP contribution in [0.5, 0.6) is 0 Å². The third-order valence-corrected chi connectivity index (χ3v) is 4.07. The maximum absolute atomic E-state index is 12.2. The lowest BCUT2D eigenvalue weighted by Crippen LogP contribution is -2.52. The lowest BCUT2D eigenvalue weighted by atomic mass is 9.90. The first-order chi connectivity index (χ1) is 11.8. The van der Waals surface area contributed by atoms with E-state index in [2.05, 4.69) is 34.7 Å². The third kappa shape index (κ3) is 5.71. The number of nitrogens with one attached hydrogen (secondary N) is 3. The van der Waals surface area contributed by atoms with Gasteiger partial charge in [-0.2, -0.15) is 5.10 Å². The van der Waals surface area contributed by atoms with Crippen molar-refractivity contribution in [3.8, 4) is 0 Å². The highest BCUT2D eigenvalue weighted by Gasteiger charge is 2.25. The number of fused-ring (bicyclic) bond motifs is 1. The number of para-hydroxylation sites is 1. The van der Waals surface area contributed by atoms with Gasteiger partial charge in [0.05, 0.1) is 5.52 Å². The maximum Gasteiger partial charge on any atom is 0.272 e. The molecule has 0 aliphatic heterocycles. The Bertz CT molecular complexity index is 746. The number of amides is 2. The standard InChI is InChI=1S/C18H27N5O2.ClH/c1-12(2)10-18(3,11-19)21-15(24)8-9-20-17(25)16-13-6-4-5-7-14(13)22-23-16;/h4-7,12H,8-11,19H2,1-3H3,(H,20,25)(H,21,24)(H,22,23);1H. The summed E-state index contributed by atoms with van der Waals surface area (Å²) in [6, 6.07) is 7.41. The lowest BCUT2D eigenvalue weighted by Gasteiger charge is -2.31. The fourth-order valence-electron chi connectivity index (χ4n) is 3.00. The van der Waals surface area contributed by atoms with Gasteiger partial charge < -0.3 is 16.4 Å². The summed E-state index contributed by atoms with van der Waals surface area (Å²) in [5, 5.41) is 13.3. The first-order valence-corrected chi connectivity index (χ1v) is 8.57. The van der Waals surface area contributed by atoms with Crippen LogP contribution in [0.3, 0.4) is 0 Å². The predicted octanol–water partition coefficient (Wildman–Crippen LogP) is 1.98. The van der Waals surface area contributed by atoms with Crippen LogP contribution in [-0.2, 0) is 4.79 Å². The Morgan fingerprint density at radius 2 is 2.00 bits per heavy atom.